The molecule has 24 nitrogen and oxygen atoms in total. The lowest BCUT2D eigenvalue weighted by atomic mass is 9.85. The number of ether oxygens (including phenoxy) is 3. The molecule has 9 amide bonds. The minimum atomic E-state index is -1.13. The van der Waals surface area contributed by atoms with Crippen LogP contribution in [0.5, 0.6) is 0 Å². The van der Waals surface area contributed by atoms with Crippen LogP contribution in [0.15, 0.2) is 72.8 Å². The van der Waals surface area contributed by atoms with E-state index >= 15 is 0 Å². The Labute approximate surface area is 554 Å². The maximum Gasteiger partial charge on any atom is 0.410 e. The van der Waals surface area contributed by atoms with E-state index in [0.29, 0.717) is 55.2 Å². The summed E-state index contributed by atoms with van der Waals surface area (Å²) in [5.74, 6) is -5.38. The van der Waals surface area contributed by atoms with Gasteiger partial charge in [-0.2, -0.15) is 0 Å². The van der Waals surface area contributed by atoms with E-state index in [-0.39, 0.29) is 86.3 Å². The number of hydrogen-bond acceptors (Lipinski definition) is 15. The lowest BCUT2D eigenvalue weighted by Gasteiger charge is -2.41. The quantitative estimate of drug-likeness (QED) is 0.0226. The van der Waals surface area contributed by atoms with Gasteiger partial charge in [-0.15, -0.1) is 0 Å². The van der Waals surface area contributed by atoms with Crippen LogP contribution in [0.4, 0.5) is 15.3 Å². The van der Waals surface area contributed by atoms with Crippen LogP contribution in [0.25, 0.3) is 0 Å². The molecule has 0 aromatic heterocycles. The van der Waals surface area contributed by atoms with Gasteiger partial charge in [0.1, 0.15) is 36.6 Å². The lowest BCUT2D eigenvalue weighted by molar-refractivity contribution is -0.148. The number of hydrogen-bond donors (Lipinski definition) is 7. The van der Waals surface area contributed by atoms with Gasteiger partial charge in [0.15, 0.2) is 12.6 Å². The largest absolute Gasteiger partial charge is 0.445 e. The highest BCUT2D eigenvalue weighted by Crippen LogP contribution is 2.33. The smallest absolute Gasteiger partial charge is 0.410 e. The minimum absolute atomic E-state index is 0.0396. The molecule has 0 radical (unpaired) electrons. The number of methoxy groups -OCH3 is 2. The van der Waals surface area contributed by atoms with Crippen molar-refractivity contribution in [2.45, 2.75) is 188 Å². The van der Waals surface area contributed by atoms with Gasteiger partial charge in [0.05, 0.1) is 36.8 Å². The molecule has 0 bridgehead atoms. The standard InChI is InChI=1S/C70H103N9O15/c1-15-44(8)62(56(92-13)37-58(84)79-34-20-24-54(79)64(93-14)46(10)55(82)35-45(9)63(85)49-21-17-16-18-22-49)77(11)68(89)60(42(4)5)76-67(88)61(43(6)7)78(12)70(91)94-40-48-26-30-52(31-27-48)73-65(86)53(23-19-33-72-69(71)90)74-66(87)59(41(2)3)75-57(83)32-28-47-25-29-50(38-80)51(36-47)39-81/h16-18,21-22,25-27,29-31,36,38-39,41-46,53-54,56,59-64,85H,15,19-20,23-24,28,32-35,37,40H2,1-14H3,(H,73,86)(H,74,87)(H,75,83)(H,76,88)(H3,71,72,90). The topological polar surface area (TPSA) is 332 Å². The first-order chi connectivity index (χ1) is 44.5. The number of amides is 9. The number of primary amides is 1. The average molecular weight is 1310 g/mol. The number of urea groups is 1. The van der Waals surface area contributed by atoms with E-state index in [1.54, 1.807) is 103 Å². The number of aliphatic hydroxyl groups excluding tert-OH is 1. The third kappa shape index (κ3) is 22.6. The van der Waals surface area contributed by atoms with E-state index in [0.717, 1.165) is 5.56 Å². The molecular weight excluding hydrogens is 1210 g/mol. The van der Waals surface area contributed by atoms with Crippen molar-refractivity contribution in [3.05, 3.63) is 101 Å². The van der Waals surface area contributed by atoms with Gasteiger partial charge in [0.25, 0.3) is 0 Å². The number of carbonyl (C=O) groups is 11. The van der Waals surface area contributed by atoms with Crippen molar-refractivity contribution in [1.82, 2.24) is 36.0 Å². The molecule has 12 atom stereocenters. The second-order valence-corrected chi connectivity index (χ2v) is 25.8. The number of carbonyl (C=O) groups excluding carboxylic acids is 11. The molecular formula is C70H103N9O15. The van der Waals surface area contributed by atoms with Crippen molar-refractivity contribution < 1.29 is 72.1 Å². The summed E-state index contributed by atoms with van der Waals surface area (Å²) in [5.41, 5.74) is 7.88. The fraction of sp³-hybridized carbons (Fsp3) is 0.586. The van der Waals surface area contributed by atoms with Crippen LogP contribution < -0.4 is 32.3 Å². The molecule has 4 rings (SSSR count). The highest BCUT2D eigenvalue weighted by atomic mass is 16.6. The summed E-state index contributed by atoms with van der Waals surface area (Å²) < 4.78 is 17.8. The zero-order valence-corrected chi connectivity index (χ0v) is 57.3. The van der Waals surface area contributed by atoms with Crippen LogP contribution in [0.1, 0.15) is 164 Å². The first kappa shape index (κ1) is 78.4. The summed E-state index contributed by atoms with van der Waals surface area (Å²) in [6.07, 6.45) is 0.566. The van der Waals surface area contributed by atoms with Gasteiger partial charge in [0.2, 0.25) is 35.4 Å². The number of benzene rings is 3. The fourth-order valence-electron chi connectivity index (χ4n) is 12.2. The average Bonchev–Trinajstić information content (AvgIpc) is 1.40. The number of likely N-dealkylation sites (tertiary alicyclic amines) is 1. The first-order valence-electron chi connectivity index (χ1n) is 32.7. The first-order valence-corrected chi connectivity index (χ1v) is 32.7. The Morgan fingerprint density at radius 2 is 1.36 bits per heavy atom. The predicted molar refractivity (Wildman–Crippen MR) is 356 cm³/mol. The summed E-state index contributed by atoms with van der Waals surface area (Å²) in [4.78, 5) is 151. The van der Waals surface area contributed by atoms with Gasteiger partial charge in [-0.3, -0.25) is 48.1 Å². The molecule has 1 aliphatic rings. The molecule has 1 heterocycles. The Kier molecular flexibility index (Phi) is 31.9. The van der Waals surface area contributed by atoms with Crippen LogP contribution in [0.3, 0.4) is 0 Å². The summed E-state index contributed by atoms with van der Waals surface area (Å²) in [7, 11) is 6.12. The van der Waals surface area contributed by atoms with E-state index in [4.69, 9.17) is 19.9 Å². The SMILES string of the molecule is CCC(C)C(C(CC(=O)N1CCCC1C(OC)C(C)C(=O)CC(C)C(O)c1ccccc1)OC)N(C)C(=O)C(NC(=O)C(C(C)C)N(C)C(=O)OCc1ccc(NC(=O)C(CCCNC(N)=O)NC(=O)C(NC(=O)CCc2ccc(C=O)c(C=O)c2)C(C)C)cc1)C(C)C. The molecule has 8 N–H and O–H groups in total. The van der Waals surface area contributed by atoms with Crippen LogP contribution >= 0.6 is 0 Å². The van der Waals surface area contributed by atoms with Gasteiger partial charge >= 0.3 is 12.1 Å². The molecule has 1 aliphatic heterocycles. The number of aryl methyl sites for hydroxylation is 1. The van der Waals surface area contributed by atoms with Crippen molar-refractivity contribution in [3.63, 3.8) is 0 Å². The summed E-state index contributed by atoms with van der Waals surface area (Å²) in [6, 6.07) is 14.1. The molecule has 1 saturated heterocycles. The van der Waals surface area contributed by atoms with Crippen LogP contribution in [0, 0.1) is 35.5 Å². The number of ketones is 1. The van der Waals surface area contributed by atoms with Crippen LogP contribution in [-0.2, 0) is 60.8 Å². The Morgan fingerprint density at radius 1 is 0.723 bits per heavy atom. The summed E-state index contributed by atoms with van der Waals surface area (Å²) in [5, 5.41) is 24.7. The molecule has 0 spiro atoms. The van der Waals surface area contributed by atoms with Crippen molar-refractivity contribution in [3.8, 4) is 0 Å². The number of nitrogens with zero attached hydrogens (tertiary/aromatic N) is 3. The van der Waals surface area contributed by atoms with E-state index in [1.807, 2.05) is 51.1 Å². The van der Waals surface area contributed by atoms with Gasteiger partial charge < -0.3 is 61.4 Å². The lowest BCUT2D eigenvalue weighted by Crippen LogP contribution is -2.60. The number of nitrogens with one attached hydrogen (secondary N) is 5. The predicted octanol–water partition coefficient (Wildman–Crippen LogP) is 6.94. The van der Waals surface area contributed by atoms with Crippen molar-refractivity contribution >= 4 is 71.6 Å². The normalized spacial score (nSPS) is 16.6. The highest BCUT2D eigenvalue weighted by molar-refractivity contribution is 5.99. The Hall–Kier alpha value is -8.09. The molecule has 12 unspecified atom stereocenters. The molecule has 3 aromatic carbocycles. The number of rotatable bonds is 38. The number of nitrogens with two attached hydrogens (primary N) is 1. The van der Waals surface area contributed by atoms with Gasteiger partial charge in [-0.05, 0) is 96.6 Å². The van der Waals surface area contributed by atoms with E-state index < -0.39 is 120 Å². The second kappa shape index (κ2) is 38.3. The summed E-state index contributed by atoms with van der Waals surface area (Å²) in [6.45, 7) is 18.5. The molecule has 1 fully saturated rings. The van der Waals surface area contributed by atoms with Crippen molar-refractivity contribution in [1.29, 1.82) is 0 Å². The Morgan fingerprint density at radius 3 is 1.94 bits per heavy atom. The highest BCUT2D eigenvalue weighted by Gasteiger charge is 2.44. The van der Waals surface area contributed by atoms with Gasteiger partial charge in [0, 0.05) is 77.0 Å². The zero-order chi connectivity index (χ0) is 70.1. The number of Topliss-reactive ketones (excluding diaryl/α,β-unsaturated/α-hetero) is 1. The minimum Gasteiger partial charge on any atom is -0.445 e. The number of anilines is 1. The molecule has 518 valence electrons. The maximum absolute atomic E-state index is 14.8. The zero-order valence-electron chi connectivity index (χ0n) is 57.3. The maximum atomic E-state index is 14.8. The third-order valence-electron chi connectivity index (χ3n) is 17.9. The summed E-state index contributed by atoms with van der Waals surface area (Å²) >= 11 is 0. The number of likely N-dealkylation sites (N-methyl/N-ethyl adjacent to an activating group) is 2. The van der Waals surface area contributed by atoms with Crippen LogP contribution in [-0.4, -0.2) is 176 Å². The van der Waals surface area contributed by atoms with E-state index in [1.165, 1.54) is 31.2 Å². The third-order valence-corrected chi connectivity index (χ3v) is 17.9. The molecule has 3 aromatic rings. The number of aliphatic hydroxyl groups is 1. The van der Waals surface area contributed by atoms with Gasteiger partial charge in [-0.1, -0.05) is 130 Å². The van der Waals surface area contributed by atoms with E-state index in [9.17, 15) is 57.8 Å². The second-order valence-electron chi connectivity index (χ2n) is 25.8. The Balaban J connectivity index is 1.40. The Bertz CT molecular complexity index is 3020. The van der Waals surface area contributed by atoms with Gasteiger partial charge in [-0.25, -0.2) is 9.59 Å². The van der Waals surface area contributed by atoms with Crippen LogP contribution in [0.2, 0.25) is 0 Å². The number of aldehydes is 2. The fourth-order valence-corrected chi connectivity index (χ4v) is 12.2. The molecule has 0 aliphatic carbocycles. The van der Waals surface area contributed by atoms with Crippen molar-refractivity contribution in [2.24, 2.45) is 41.2 Å². The molecule has 0 saturated carbocycles. The van der Waals surface area contributed by atoms with Crippen molar-refractivity contribution in [2.75, 3.05) is 46.7 Å². The van der Waals surface area contributed by atoms with E-state index in [2.05, 4.69) is 26.6 Å². The molecule has 24 heteroatoms. The monoisotopic (exact) mass is 1310 g/mol. The molecule has 94 heavy (non-hydrogen) atoms.